The number of nitrogens with zero attached hydrogens (tertiary/aromatic N) is 4. The normalized spacial score (nSPS) is 14.7. The maximum atomic E-state index is 14.1. The van der Waals surface area contributed by atoms with Gasteiger partial charge in [0.15, 0.2) is 6.10 Å². The number of hydrogen-bond donors (Lipinski definition) is 2. The molecule has 1 atom stereocenters. The largest absolute Gasteiger partial charge is 0.378 e. The van der Waals surface area contributed by atoms with Crippen molar-refractivity contribution in [1.29, 1.82) is 0 Å². The van der Waals surface area contributed by atoms with Gasteiger partial charge in [-0.3, -0.25) is 4.79 Å². The van der Waals surface area contributed by atoms with Gasteiger partial charge in [-0.15, -0.1) is 5.12 Å². The molecule has 0 radical (unpaired) electrons. The molecular formula is C23H22F3N5O3. The van der Waals surface area contributed by atoms with Crippen LogP contribution < -0.4 is 15.3 Å². The molecule has 8 nitrogen and oxygen atoms in total. The Morgan fingerprint density at radius 2 is 1.74 bits per heavy atom. The van der Waals surface area contributed by atoms with Gasteiger partial charge in [-0.2, -0.15) is 0 Å². The van der Waals surface area contributed by atoms with E-state index in [1.54, 1.807) is 12.3 Å². The van der Waals surface area contributed by atoms with Crippen molar-refractivity contribution in [3.05, 3.63) is 60.8 Å². The fraction of sp³-hybridized carbons (Fsp3) is 0.261. The van der Waals surface area contributed by atoms with Crippen molar-refractivity contribution in [2.24, 2.45) is 0 Å². The third-order valence-corrected chi connectivity index (χ3v) is 5.23. The average Bonchev–Trinajstić information content (AvgIpc) is 2.88. The summed E-state index contributed by atoms with van der Waals surface area (Å²) < 4.78 is 44.3. The minimum absolute atomic E-state index is 0.291. The topological polar surface area (TPSA) is 90.8 Å². The Kier molecular flexibility index (Phi) is 7.24. The first-order valence-electron chi connectivity index (χ1n) is 10.5. The lowest BCUT2D eigenvalue weighted by Gasteiger charge is -2.28. The highest BCUT2D eigenvalue weighted by atomic mass is 19.3. The van der Waals surface area contributed by atoms with Crippen LogP contribution in [0.2, 0.25) is 0 Å². The van der Waals surface area contributed by atoms with Crippen molar-refractivity contribution >= 4 is 28.9 Å². The standard InChI is InChI=1S/C23H22F3N5O3/c24-21(25)20(32)22(33)31(26)18-5-1-15(2-6-18)19-9-10-27-23(29-19)28-16-3-7-17(8-4-16)30-11-13-34-14-12-30/h1-10,20-21,32H,11-14H2,(H,27,28,29). The zero-order chi connectivity index (χ0) is 24.1. The van der Waals surface area contributed by atoms with E-state index < -0.39 is 23.6 Å². The van der Waals surface area contributed by atoms with Crippen LogP contribution in [0.1, 0.15) is 0 Å². The van der Waals surface area contributed by atoms with E-state index in [1.165, 1.54) is 24.3 Å². The van der Waals surface area contributed by atoms with Crippen molar-refractivity contribution in [2.45, 2.75) is 12.5 Å². The molecule has 0 bridgehead atoms. The third kappa shape index (κ3) is 5.43. The lowest BCUT2D eigenvalue weighted by molar-refractivity contribution is -0.137. The van der Waals surface area contributed by atoms with Crippen molar-refractivity contribution in [1.82, 2.24) is 9.97 Å². The fourth-order valence-corrected chi connectivity index (χ4v) is 3.40. The molecule has 34 heavy (non-hydrogen) atoms. The molecule has 3 aromatic rings. The number of morpholine rings is 1. The number of aliphatic hydroxyl groups excluding tert-OH is 1. The van der Waals surface area contributed by atoms with Crippen LogP contribution in [0.4, 0.5) is 36.3 Å². The number of anilines is 4. The van der Waals surface area contributed by atoms with Gasteiger partial charge < -0.3 is 20.1 Å². The van der Waals surface area contributed by atoms with Crippen LogP contribution in [0.3, 0.4) is 0 Å². The second-order valence-corrected chi connectivity index (χ2v) is 7.48. The summed E-state index contributed by atoms with van der Waals surface area (Å²) in [4.78, 5) is 22.5. The number of carbonyl (C=O) groups is 1. The van der Waals surface area contributed by atoms with Crippen molar-refractivity contribution in [2.75, 3.05) is 41.6 Å². The number of aliphatic hydroxyl groups is 1. The molecule has 0 aliphatic carbocycles. The fourth-order valence-electron chi connectivity index (χ4n) is 3.40. The van der Waals surface area contributed by atoms with Crippen molar-refractivity contribution in [3.8, 4) is 11.3 Å². The zero-order valence-electron chi connectivity index (χ0n) is 17.9. The molecule has 1 amide bonds. The number of aromatic nitrogens is 2. The Labute approximate surface area is 193 Å². The van der Waals surface area contributed by atoms with Crippen LogP contribution >= 0.6 is 0 Å². The Hall–Kier alpha value is -3.70. The SMILES string of the molecule is O=C(C(O)C(F)F)N(F)c1ccc(-c2ccnc(Nc3ccc(N4CCOCC4)cc3)n2)cc1. The number of hydrogen-bond acceptors (Lipinski definition) is 7. The summed E-state index contributed by atoms with van der Waals surface area (Å²) in [7, 11) is 0. The first kappa shape index (κ1) is 23.5. The average molecular weight is 473 g/mol. The van der Waals surface area contributed by atoms with Gasteiger partial charge in [0.1, 0.15) is 0 Å². The number of amides is 1. The summed E-state index contributed by atoms with van der Waals surface area (Å²) in [6.45, 7) is 3.10. The van der Waals surface area contributed by atoms with E-state index in [1.807, 2.05) is 24.3 Å². The number of rotatable bonds is 7. The molecule has 11 heteroatoms. The highest BCUT2D eigenvalue weighted by Gasteiger charge is 2.31. The molecule has 1 unspecified atom stereocenters. The first-order chi connectivity index (χ1) is 16.4. The second kappa shape index (κ2) is 10.5. The van der Waals surface area contributed by atoms with Gasteiger partial charge in [0, 0.05) is 36.2 Å². The summed E-state index contributed by atoms with van der Waals surface area (Å²) in [5.41, 5.74) is 2.73. The molecule has 0 saturated carbocycles. The highest BCUT2D eigenvalue weighted by molar-refractivity contribution is 5.94. The van der Waals surface area contributed by atoms with E-state index >= 15 is 0 Å². The van der Waals surface area contributed by atoms with E-state index in [2.05, 4.69) is 20.2 Å². The third-order valence-electron chi connectivity index (χ3n) is 5.23. The predicted molar refractivity (Wildman–Crippen MR) is 121 cm³/mol. The summed E-state index contributed by atoms with van der Waals surface area (Å²) in [6, 6.07) is 14.9. The van der Waals surface area contributed by atoms with E-state index in [9.17, 15) is 18.1 Å². The van der Waals surface area contributed by atoms with Gasteiger partial charge in [-0.1, -0.05) is 16.6 Å². The highest BCUT2D eigenvalue weighted by Crippen LogP contribution is 2.25. The molecule has 1 fully saturated rings. The number of nitrogens with one attached hydrogen (secondary N) is 1. The van der Waals surface area contributed by atoms with Crippen LogP contribution in [-0.2, 0) is 9.53 Å². The molecule has 4 rings (SSSR count). The number of alkyl halides is 2. The monoisotopic (exact) mass is 473 g/mol. The van der Waals surface area contributed by atoms with Gasteiger partial charge in [0.2, 0.25) is 5.95 Å². The predicted octanol–water partition coefficient (Wildman–Crippen LogP) is 3.57. The van der Waals surface area contributed by atoms with Gasteiger partial charge in [-0.05, 0) is 42.5 Å². The number of halogens is 3. The lowest BCUT2D eigenvalue weighted by Crippen LogP contribution is -2.38. The first-order valence-corrected chi connectivity index (χ1v) is 10.5. The van der Waals surface area contributed by atoms with Crippen molar-refractivity contribution < 1.29 is 27.9 Å². The van der Waals surface area contributed by atoms with Crippen LogP contribution in [-0.4, -0.2) is 59.8 Å². The second-order valence-electron chi connectivity index (χ2n) is 7.48. The summed E-state index contributed by atoms with van der Waals surface area (Å²) in [5, 5.41) is 11.7. The summed E-state index contributed by atoms with van der Waals surface area (Å²) in [5.74, 6) is -1.39. The van der Waals surface area contributed by atoms with E-state index in [-0.39, 0.29) is 5.69 Å². The Balaban J connectivity index is 1.43. The van der Waals surface area contributed by atoms with Gasteiger partial charge in [0.05, 0.1) is 24.6 Å². The Morgan fingerprint density at radius 1 is 1.06 bits per heavy atom. The molecule has 2 heterocycles. The molecule has 1 saturated heterocycles. The molecule has 2 N–H and O–H groups in total. The minimum Gasteiger partial charge on any atom is -0.378 e. The lowest BCUT2D eigenvalue weighted by atomic mass is 10.1. The molecule has 0 spiro atoms. The molecule has 178 valence electrons. The van der Waals surface area contributed by atoms with Crippen LogP contribution in [0, 0.1) is 0 Å². The van der Waals surface area contributed by atoms with Gasteiger partial charge in [0.25, 0.3) is 12.3 Å². The summed E-state index contributed by atoms with van der Waals surface area (Å²) in [6.07, 6.45) is -4.55. The number of benzene rings is 2. The van der Waals surface area contributed by atoms with Crippen LogP contribution in [0.15, 0.2) is 60.8 Å². The molecule has 1 aromatic heterocycles. The van der Waals surface area contributed by atoms with Crippen molar-refractivity contribution in [3.63, 3.8) is 0 Å². The molecule has 1 aliphatic rings. The number of carbonyl (C=O) groups excluding carboxylic acids is 1. The van der Waals surface area contributed by atoms with Gasteiger partial charge >= 0.3 is 0 Å². The molecule has 1 aliphatic heterocycles. The quantitative estimate of drug-likeness (QED) is 0.507. The number of ether oxygens (including phenoxy) is 1. The van der Waals surface area contributed by atoms with E-state index in [0.717, 1.165) is 24.5 Å². The van der Waals surface area contributed by atoms with Gasteiger partial charge in [-0.25, -0.2) is 18.7 Å². The van der Waals surface area contributed by atoms with Crippen LogP contribution in [0.25, 0.3) is 11.3 Å². The summed E-state index contributed by atoms with van der Waals surface area (Å²) >= 11 is 0. The van der Waals surface area contributed by atoms with E-state index in [4.69, 9.17) is 9.84 Å². The zero-order valence-corrected chi connectivity index (χ0v) is 17.9. The molecule has 2 aromatic carbocycles. The Bertz CT molecular complexity index is 1110. The smallest absolute Gasteiger partial charge is 0.289 e. The molecular weight excluding hydrogens is 451 g/mol. The Morgan fingerprint density at radius 3 is 2.38 bits per heavy atom. The minimum atomic E-state index is -3.38. The maximum Gasteiger partial charge on any atom is 0.289 e. The van der Waals surface area contributed by atoms with Crippen LogP contribution in [0.5, 0.6) is 0 Å². The van der Waals surface area contributed by atoms with E-state index in [0.29, 0.717) is 30.4 Å². The maximum absolute atomic E-state index is 14.1.